The lowest BCUT2D eigenvalue weighted by atomic mass is 9.82. The second kappa shape index (κ2) is 13.4. The van der Waals surface area contributed by atoms with E-state index >= 15 is 0 Å². The fourth-order valence-corrected chi connectivity index (χ4v) is 4.08. The van der Waals surface area contributed by atoms with Crippen LogP contribution in [-0.2, 0) is 36.8 Å². The summed E-state index contributed by atoms with van der Waals surface area (Å²) in [7, 11) is 0.00458. The highest BCUT2D eigenvalue weighted by Gasteiger charge is 2.50. The largest absolute Gasteiger partial charge is 0.460 e. The third-order valence-corrected chi connectivity index (χ3v) is 7.02. The first-order valence-electron chi connectivity index (χ1n) is 13.2. The van der Waals surface area contributed by atoms with E-state index in [2.05, 4.69) is 39.9 Å². The summed E-state index contributed by atoms with van der Waals surface area (Å²) in [6.07, 6.45) is 4.09. The Balaban J connectivity index is 0.000000236. The van der Waals surface area contributed by atoms with Gasteiger partial charge in [-0.3, -0.25) is 4.79 Å². The molecule has 0 aliphatic carbocycles. The van der Waals surface area contributed by atoms with Crippen molar-refractivity contribution < 1.29 is 23.6 Å². The Morgan fingerprint density at radius 1 is 0.944 bits per heavy atom. The summed E-state index contributed by atoms with van der Waals surface area (Å²) in [6.45, 7) is 12.1. The molecule has 196 valence electrons. The molecular formula is C29H42BNO5. The van der Waals surface area contributed by atoms with E-state index in [0.717, 1.165) is 17.4 Å². The minimum Gasteiger partial charge on any atom is -0.460 e. The molecule has 0 saturated carbocycles. The molecule has 6 nitrogen and oxygen atoms in total. The molecule has 1 N–H and O–H groups in total. The van der Waals surface area contributed by atoms with Crippen LogP contribution in [0.1, 0.15) is 65.0 Å². The highest BCUT2D eigenvalue weighted by Crippen LogP contribution is 2.38. The Kier molecular flexibility index (Phi) is 10.6. The number of carbonyl (C=O) groups is 1. The molecule has 0 spiro atoms. The minimum atomic E-state index is -0.278. The monoisotopic (exact) mass is 495 g/mol. The van der Waals surface area contributed by atoms with E-state index in [1.54, 1.807) is 0 Å². The molecule has 0 bridgehead atoms. The number of carbonyl (C=O) groups excluding carboxylic acids is 1. The summed E-state index contributed by atoms with van der Waals surface area (Å²) in [4.78, 5) is 12.1. The van der Waals surface area contributed by atoms with Crippen LogP contribution in [0, 0.1) is 0 Å². The van der Waals surface area contributed by atoms with Gasteiger partial charge in [-0.25, -0.2) is 0 Å². The normalized spacial score (nSPS) is 22.1. The maximum Gasteiger partial charge on any atom is 0.457 e. The second-order valence-corrected chi connectivity index (χ2v) is 10.5. The molecule has 0 radical (unpaired) electrons. The van der Waals surface area contributed by atoms with Crippen molar-refractivity contribution in [3.8, 4) is 0 Å². The van der Waals surface area contributed by atoms with Crippen molar-refractivity contribution in [3.05, 3.63) is 71.8 Å². The Morgan fingerprint density at radius 3 is 2.06 bits per heavy atom. The zero-order chi connectivity index (χ0) is 26.0. The Labute approximate surface area is 217 Å². The van der Waals surface area contributed by atoms with Crippen molar-refractivity contribution in [1.82, 2.24) is 5.32 Å². The molecule has 2 unspecified atom stereocenters. The molecule has 2 aromatic carbocycles. The number of unbranched alkanes of at least 4 members (excludes halogenated alkanes) is 1. The van der Waals surface area contributed by atoms with E-state index in [4.69, 9.17) is 18.8 Å². The fourth-order valence-electron chi connectivity index (χ4n) is 4.08. The minimum absolute atomic E-state index is 0.00458. The van der Waals surface area contributed by atoms with Gasteiger partial charge in [-0.2, -0.15) is 0 Å². The SMILES string of the molecule is CCCCB1OC(C)(C)C(C)(C)O1.O=C(OCc1ccccc1)C1CC(OCc2ccccc2)CN1. The summed E-state index contributed by atoms with van der Waals surface area (Å²) >= 11 is 0. The van der Waals surface area contributed by atoms with Crippen molar-refractivity contribution >= 4 is 13.1 Å². The number of nitrogens with one attached hydrogen (secondary N) is 1. The van der Waals surface area contributed by atoms with Gasteiger partial charge in [-0.15, -0.1) is 0 Å². The van der Waals surface area contributed by atoms with Crippen LogP contribution >= 0.6 is 0 Å². The predicted octanol–water partition coefficient (Wildman–Crippen LogP) is 5.56. The number of hydrogen-bond acceptors (Lipinski definition) is 6. The van der Waals surface area contributed by atoms with E-state index < -0.39 is 0 Å². The van der Waals surface area contributed by atoms with Gasteiger partial charge in [0.15, 0.2) is 0 Å². The molecule has 0 amide bonds. The third-order valence-electron chi connectivity index (χ3n) is 7.02. The molecule has 4 rings (SSSR count). The standard InChI is InChI=1S/C19H21NO3.C10H21BO2/c21-19(23-14-16-9-5-2-6-10-16)18-11-17(12-20-18)22-13-15-7-3-1-4-8-15;1-6-7-8-11-12-9(2,3)10(4,5)13-11/h1-10,17-18,20H,11-14H2;6-8H2,1-5H3. The number of esters is 1. The first-order chi connectivity index (χ1) is 17.2. The summed E-state index contributed by atoms with van der Waals surface area (Å²) < 4.78 is 22.9. The summed E-state index contributed by atoms with van der Waals surface area (Å²) in [5.74, 6) is -0.209. The van der Waals surface area contributed by atoms with Crippen LogP contribution in [0.2, 0.25) is 6.32 Å². The van der Waals surface area contributed by atoms with Gasteiger partial charge >= 0.3 is 13.1 Å². The highest BCUT2D eigenvalue weighted by atomic mass is 16.7. The van der Waals surface area contributed by atoms with Crippen molar-refractivity contribution in [3.63, 3.8) is 0 Å². The number of ether oxygens (including phenoxy) is 2. The molecule has 2 aliphatic heterocycles. The average molecular weight is 495 g/mol. The number of rotatable bonds is 9. The van der Waals surface area contributed by atoms with Crippen molar-refractivity contribution in [2.45, 2.75) is 96.8 Å². The third kappa shape index (κ3) is 8.44. The van der Waals surface area contributed by atoms with E-state index in [1.165, 1.54) is 12.8 Å². The predicted molar refractivity (Wildman–Crippen MR) is 143 cm³/mol. The van der Waals surface area contributed by atoms with Gasteiger partial charge in [0.1, 0.15) is 12.6 Å². The molecule has 2 atom stereocenters. The molecule has 2 saturated heterocycles. The van der Waals surface area contributed by atoms with Gasteiger partial charge in [0.25, 0.3) is 0 Å². The van der Waals surface area contributed by atoms with Gasteiger partial charge in [-0.1, -0.05) is 80.4 Å². The zero-order valence-corrected chi connectivity index (χ0v) is 22.5. The first-order valence-corrected chi connectivity index (χ1v) is 13.2. The molecular weight excluding hydrogens is 453 g/mol. The molecule has 2 heterocycles. The Morgan fingerprint density at radius 2 is 1.50 bits per heavy atom. The summed E-state index contributed by atoms with van der Waals surface area (Å²) in [5, 5.41) is 3.18. The lowest BCUT2D eigenvalue weighted by Crippen LogP contribution is -2.41. The molecule has 2 aromatic rings. The molecule has 7 heteroatoms. The summed E-state index contributed by atoms with van der Waals surface area (Å²) in [6, 6.07) is 19.5. The Bertz CT molecular complexity index is 906. The average Bonchev–Trinajstić information content (AvgIpc) is 3.42. The first kappa shape index (κ1) is 28.4. The summed E-state index contributed by atoms with van der Waals surface area (Å²) in [5.41, 5.74) is 1.81. The van der Waals surface area contributed by atoms with Crippen LogP contribution in [-0.4, -0.2) is 43.0 Å². The van der Waals surface area contributed by atoms with Gasteiger partial charge < -0.3 is 24.1 Å². The van der Waals surface area contributed by atoms with Crippen LogP contribution < -0.4 is 5.32 Å². The second-order valence-electron chi connectivity index (χ2n) is 10.5. The quantitative estimate of drug-likeness (QED) is 0.363. The van der Waals surface area contributed by atoms with Crippen molar-refractivity contribution in [2.24, 2.45) is 0 Å². The van der Waals surface area contributed by atoms with Crippen LogP contribution in [0.5, 0.6) is 0 Å². The zero-order valence-electron chi connectivity index (χ0n) is 22.5. The Hall–Kier alpha value is -2.19. The van der Waals surface area contributed by atoms with Crippen molar-refractivity contribution in [2.75, 3.05) is 6.54 Å². The van der Waals surface area contributed by atoms with Gasteiger partial charge in [0.05, 0.1) is 23.9 Å². The van der Waals surface area contributed by atoms with E-state index in [1.807, 2.05) is 60.7 Å². The smallest absolute Gasteiger partial charge is 0.457 e. The van der Waals surface area contributed by atoms with Gasteiger partial charge in [-0.05, 0) is 45.1 Å². The van der Waals surface area contributed by atoms with Crippen LogP contribution in [0.15, 0.2) is 60.7 Å². The van der Waals surface area contributed by atoms with E-state index in [0.29, 0.717) is 26.2 Å². The number of hydrogen-bond donors (Lipinski definition) is 1. The fraction of sp³-hybridized carbons (Fsp3) is 0.552. The van der Waals surface area contributed by atoms with Crippen LogP contribution in [0.3, 0.4) is 0 Å². The maximum atomic E-state index is 12.1. The van der Waals surface area contributed by atoms with E-state index in [9.17, 15) is 4.79 Å². The maximum absolute atomic E-state index is 12.1. The van der Waals surface area contributed by atoms with Gasteiger partial charge in [0.2, 0.25) is 0 Å². The van der Waals surface area contributed by atoms with Gasteiger partial charge in [0, 0.05) is 13.0 Å². The topological polar surface area (TPSA) is 66.0 Å². The van der Waals surface area contributed by atoms with Crippen LogP contribution in [0.25, 0.3) is 0 Å². The van der Waals surface area contributed by atoms with Crippen molar-refractivity contribution in [1.29, 1.82) is 0 Å². The van der Waals surface area contributed by atoms with E-state index in [-0.39, 0.29) is 36.4 Å². The molecule has 0 aromatic heterocycles. The lowest BCUT2D eigenvalue weighted by molar-refractivity contribution is -0.147. The van der Waals surface area contributed by atoms with Crippen LogP contribution in [0.4, 0.5) is 0 Å². The molecule has 2 aliphatic rings. The highest BCUT2D eigenvalue weighted by molar-refractivity contribution is 6.45. The lowest BCUT2D eigenvalue weighted by Gasteiger charge is -2.32. The molecule has 36 heavy (non-hydrogen) atoms. The number of benzene rings is 2. The molecule has 2 fully saturated rings.